The third-order valence-corrected chi connectivity index (χ3v) is 5.93. The van der Waals surface area contributed by atoms with Crippen LogP contribution in [0, 0.1) is 0 Å². The van der Waals surface area contributed by atoms with Gasteiger partial charge in [-0.25, -0.2) is 0 Å². The van der Waals surface area contributed by atoms with E-state index in [-0.39, 0.29) is 36.8 Å². The summed E-state index contributed by atoms with van der Waals surface area (Å²) in [7, 11) is 0. The molecule has 0 saturated carbocycles. The van der Waals surface area contributed by atoms with Gasteiger partial charge in [-0.15, -0.1) is 0 Å². The summed E-state index contributed by atoms with van der Waals surface area (Å²) in [5.41, 5.74) is -0.957. The fourth-order valence-corrected chi connectivity index (χ4v) is 3.63. The second-order valence-corrected chi connectivity index (χ2v) is 8.75. The molecule has 0 fully saturated rings. The predicted molar refractivity (Wildman–Crippen MR) is 126 cm³/mol. The summed E-state index contributed by atoms with van der Waals surface area (Å²) >= 11 is 23.5. The number of carbonyl (C=O) groups excluding carboxylic acids is 2. The first kappa shape index (κ1) is 29.8. The van der Waals surface area contributed by atoms with Crippen molar-refractivity contribution >= 4 is 64.3 Å². The first-order chi connectivity index (χ1) is 16.5. The van der Waals surface area contributed by atoms with E-state index in [4.69, 9.17) is 46.4 Å². The van der Waals surface area contributed by atoms with E-state index in [1.54, 1.807) is 0 Å². The number of alkyl halides is 6. The number of halogens is 10. The topological polar surface area (TPSA) is 58.2 Å². The molecule has 2 N–H and O–H groups in total. The third kappa shape index (κ3) is 8.33. The molecule has 2 amide bonds. The fourth-order valence-electron chi connectivity index (χ4n) is 2.74. The van der Waals surface area contributed by atoms with Crippen LogP contribution in [-0.4, -0.2) is 30.7 Å². The zero-order valence-corrected chi connectivity index (χ0v) is 20.7. The molecule has 0 heterocycles. The maximum absolute atomic E-state index is 13.7. The van der Waals surface area contributed by atoms with Gasteiger partial charge in [-0.2, -0.15) is 26.3 Å². The summed E-state index contributed by atoms with van der Waals surface area (Å²) in [4.78, 5) is 23.9. The summed E-state index contributed by atoms with van der Waals surface area (Å²) in [6.07, 6.45) is -7.45. The Morgan fingerprint density at radius 3 is 2.03 bits per heavy atom. The molecule has 2 rings (SSSR count). The van der Waals surface area contributed by atoms with E-state index in [1.165, 1.54) is 17.4 Å². The Morgan fingerprint density at radius 1 is 0.944 bits per heavy atom. The van der Waals surface area contributed by atoms with Crippen LogP contribution in [-0.2, 0) is 4.79 Å². The molecule has 0 bridgehead atoms. The molecule has 2 aromatic carbocycles. The smallest absolute Gasteiger partial charge is 0.342 e. The Morgan fingerprint density at radius 2 is 1.53 bits per heavy atom. The van der Waals surface area contributed by atoms with Gasteiger partial charge in [0.1, 0.15) is 6.54 Å². The highest BCUT2D eigenvalue weighted by molar-refractivity contribution is 6.48. The zero-order chi connectivity index (χ0) is 27.4. The van der Waals surface area contributed by atoms with Crippen molar-refractivity contribution < 1.29 is 35.9 Å². The number of hydrogen-bond acceptors (Lipinski definition) is 2. The lowest BCUT2D eigenvalue weighted by atomic mass is 9.97. The molecular formula is C22H14Cl4F6N2O2. The summed E-state index contributed by atoms with van der Waals surface area (Å²) in [5, 5.41) is 2.91. The fraction of sp³-hybridized carbons (Fsp3) is 0.182. The Balaban J connectivity index is 2.20. The van der Waals surface area contributed by atoms with Crippen LogP contribution in [0.4, 0.5) is 26.3 Å². The monoisotopic (exact) mass is 592 g/mol. The molecule has 194 valence electrons. The SMILES string of the molecule is C=C(NC(=O)c1ccc(/C=C/C(c2cc(Cl)c(Cl)c(Cl)c2)C(F)(F)F)cc1Cl)C(=O)NCC(F)(F)F. The second kappa shape index (κ2) is 11.8. The van der Waals surface area contributed by atoms with Crippen molar-refractivity contribution in [2.24, 2.45) is 0 Å². The first-order valence-electron chi connectivity index (χ1n) is 9.53. The van der Waals surface area contributed by atoms with Crippen LogP contribution in [0.3, 0.4) is 0 Å². The summed E-state index contributed by atoms with van der Waals surface area (Å²) in [6, 6.07) is 5.66. The minimum absolute atomic E-state index is 0.0897. The largest absolute Gasteiger partial charge is 0.405 e. The Bertz CT molecular complexity index is 1190. The van der Waals surface area contributed by atoms with E-state index in [9.17, 15) is 35.9 Å². The zero-order valence-electron chi connectivity index (χ0n) is 17.6. The number of amides is 2. The van der Waals surface area contributed by atoms with Gasteiger partial charge in [0, 0.05) is 0 Å². The number of hydrogen-bond donors (Lipinski definition) is 2. The van der Waals surface area contributed by atoms with Gasteiger partial charge in [0.05, 0.1) is 37.3 Å². The van der Waals surface area contributed by atoms with Crippen LogP contribution < -0.4 is 10.6 Å². The average molecular weight is 594 g/mol. The molecule has 0 radical (unpaired) electrons. The van der Waals surface area contributed by atoms with E-state index >= 15 is 0 Å². The van der Waals surface area contributed by atoms with Crippen LogP contribution in [0.25, 0.3) is 6.08 Å². The van der Waals surface area contributed by atoms with E-state index in [0.717, 1.165) is 30.4 Å². The Hall–Kier alpha value is -2.40. The van der Waals surface area contributed by atoms with Gasteiger partial charge in [0.15, 0.2) is 0 Å². The number of allylic oxidation sites excluding steroid dienone is 1. The van der Waals surface area contributed by atoms with Gasteiger partial charge < -0.3 is 10.6 Å². The molecule has 36 heavy (non-hydrogen) atoms. The molecule has 2 aromatic rings. The third-order valence-electron chi connectivity index (χ3n) is 4.42. The average Bonchev–Trinajstić information content (AvgIpc) is 2.74. The normalized spacial score (nSPS) is 12.9. The molecule has 0 aliphatic carbocycles. The molecule has 14 heteroatoms. The van der Waals surface area contributed by atoms with Crippen molar-refractivity contribution in [3.63, 3.8) is 0 Å². The lowest BCUT2D eigenvalue weighted by molar-refractivity contribution is -0.139. The summed E-state index contributed by atoms with van der Waals surface area (Å²) < 4.78 is 77.6. The van der Waals surface area contributed by atoms with Gasteiger partial charge in [-0.1, -0.05) is 71.2 Å². The van der Waals surface area contributed by atoms with Crippen LogP contribution in [0.2, 0.25) is 20.1 Å². The number of rotatable bonds is 7. The molecule has 4 nitrogen and oxygen atoms in total. The van der Waals surface area contributed by atoms with Crippen LogP contribution >= 0.6 is 46.4 Å². The minimum Gasteiger partial charge on any atom is -0.342 e. The minimum atomic E-state index is -4.71. The lowest BCUT2D eigenvalue weighted by Gasteiger charge is -2.18. The molecule has 0 aromatic heterocycles. The second-order valence-electron chi connectivity index (χ2n) is 7.15. The molecule has 0 saturated heterocycles. The van der Waals surface area contributed by atoms with Gasteiger partial charge in [-0.05, 0) is 35.4 Å². The van der Waals surface area contributed by atoms with Crippen molar-refractivity contribution in [1.82, 2.24) is 10.6 Å². The molecule has 1 unspecified atom stereocenters. The molecule has 1 atom stereocenters. The number of carbonyl (C=O) groups is 2. The van der Waals surface area contributed by atoms with Crippen molar-refractivity contribution in [2.75, 3.05) is 6.54 Å². The highest BCUT2D eigenvalue weighted by Gasteiger charge is 2.39. The van der Waals surface area contributed by atoms with Gasteiger partial charge >= 0.3 is 12.4 Å². The standard InChI is InChI=1S/C22H14Cl4F6N2O2/c1-10(19(35)33-9-21(27,28)29)34-20(36)13-4-2-11(6-15(13)23)3-5-14(22(30,31)32)12-7-16(24)18(26)17(25)8-12/h2-8,14H,1,9H2,(H,33,35)(H,34,36)/b5-3+. The maximum atomic E-state index is 13.7. The molecular weight excluding hydrogens is 580 g/mol. The quantitative estimate of drug-likeness (QED) is 0.197. The van der Waals surface area contributed by atoms with Crippen molar-refractivity contribution in [2.45, 2.75) is 18.3 Å². The van der Waals surface area contributed by atoms with E-state index in [1.807, 2.05) is 5.32 Å². The van der Waals surface area contributed by atoms with Crippen LogP contribution in [0.15, 0.2) is 48.7 Å². The highest BCUT2D eigenvalue weighted by Crippen LogP contribution is 2.41. The Kier molecular flexibility index (Phi) is 9.75. The van der Waals surface area contributed by atoms with Crippen LogP contribution in [0.1, 0.15) is 27.4 Å². The first-order valence-corrected chi connectivity index (χ1v) is 11.0. The van der Waals surface area contributed by atoms with Crippen molar-refractivity contribution in [3.05, 3.63) is 85.5 Å². The highest BCUT2D eigenvalue weighted by atomic mass is 35.5. The summed E-state index contributed by atoms with van der Waals surface area (Å²) in [5.74, 6) is -4.34. The maximum Gasteiger partial charge on any atom is 0.405 e. The van der Waals surface area contributed by atoms with E-state index < -0.39 is 42.3 Å². The van der Waals surface area contributed by atoms with E-state index in [0.29, 0.717) is 0 Å². The molecule has 0 aliphatic heterocycles. The Labute approximate surface area is 220 Å². The lowest BCUT2D eigenvalue weighted by Crippen LogP contribution is -2.39. The summed E-state index contributed by atoms with van der Waals surface area (Å²) in [6.45, 7) is 1.56. The molecule has 0 aliphatic rings. The van der Waals surface area contributed by atoms with E-state index in [2.05, 4.69) is 6.58 Å². The van der Waals surface area contributed by atoms with Crippen molar-refractivity contribution in [1.29, 1.82) is 0 Å². The molecule has 0 spiro atoms. The van der Waals surface area contributed by atoms with Crippen molar-refractivity contribution in [3.8, 4) is 0 Å². The van der Waals surface area contributed by atoms with Gasteiger partial charge in [-0.3, -0.25) is 9.59 Å². The van der Waals surface area contributed by atoms with Gasteiger partial charge in [0.25, 0.3) is 11.8 Å². The number of benzene rings is 2. The van der Waals surface area contributed by atoms with Gasteiger partial charge in [0.2, 0.25) is 0 Å². The van der Waals surface area contributed by atoms with Crippen LogP contribution in [0.5, 0.6) is 0 Å². The predicted octanol–water partition coefficient (Wildman–Crippen LogP) is 7.58. The number of nitrogens with one attached hydrogen (secondary N) is 2.